The maximum atomic E-state index is 11.0. The van der Waals surface area contributed by atoms with Crippen LogP contribution in [0, 0.1) is 13.8 Å². The number of anilines is 1. The van der Waals surface area contributed by atoms with Crippen molar-refractivity contribution in [3.63, 3.8) is 0 Å². The fourth-order valence-electron chi connectivity index (χ4n) is 1.76. The van der Waals surface area contributed by atoms with E-state index in [1.165, 1.54) is 0 Å². The van der Waals surface area contributed by atoms with Gasteiger partial charge in [0.05, 0.1) is 18.6 Å². The Balaban J connectivity index is 2.11. The Morgan fingerprint density at radius 1 is 1.44 bits per heavy atom. The van der Waals surface area contributed by atoms with Gasteiger partial charge in [0.1, 0.15) is 0 Å². The number of nitrogens with two attached hydrogens (primary N) is 1. The van der Waals surface area contributed by atoms with E-state index < -0.39 is 5.91 Å². The second-order valence-electron chi connectivity index (χ2n) is 4.22. The predicted octanol–water partition coefficient (Wildman–Crippen LogP) is 1.74. The summed E-state index contributed by atoms with van der Waals surface area (Å²) in [6.07, 6.45) is 1.68. The van der Waals surface area contributed by atoms with Crippen molar-refractivity contribution in [2.45, 2.75) is 20.4 Å². The van der Waals surface area contributed by atoms with Gasteiger partial charge in [-0.1, -0.05) is 0 Å². The zero-order chi connectivity index (χ0) is 13.1. The van der Waals surface area contributed by atoms with Crippen LogP contribution in [-0.2, 0) is 6.54 Å². The molecule has 2 rings (SSSR count). The lowest BCUT2D eigenvalue weighted by molar-refractivity contribution is 0.1000. The number of carbonyl (C=O) groups excluding carboxylic acids is 1. The average Bonchev–Trinajstić information content (AvgIpc) is 2.73. The highest BCUT2D eigenvalue weighted by molar-refractivity contribution is 5.93. The number of aryl methyl sites for hydroxylation is 2. The smallest absolute Gasteiger partial charge is 0.248 e. The molecule has 0 aliphatic rings. The van der Waals surface area contributed by atoms with E-state index >= 15 is 0 Å². The molecule has 5 nitrogen and oxygen atoms in total. The Hall–Kier alpha value is -2.30. The summed E-state index contributed by atoms with van der Waals surface area (Å²) in [4.78, 5) is 18.3. The zero-order valence-corrected chi connectivity index (χ0v) is 10.4. The Bertz CT molecular complexity index is 574. The largest absolute Gasteiger partial charge is 0.379 e. The Morgan fingerprint density at radius 3 is 2.78 bits per heavy atom. The van der Waals surface area contributed by atoms with Crippen LogP contribution in [0.4, 0.5) is 5.69 Å². The summed E-state index contributed by atoms with van der Waals surface area (Å²) in [7, 11) is 0. The molecule has 0 saturated carbocycles. The number of hydrogen-bond acceptors (Lipinski definition) is 3. The van der Waals surface area contributed by atoms with Crippen molar-refractivity contribution in [2.75, 3.05) is 5.32 Å². The number of rotatable bonds is 4. The van der Waals surface area contributed by atoms with Crippen LogP contribution in [0.5, 0.6) is 0 Å². The molecule has 0 aliphatic heterocycles. The molecule has 0 spiro atoms. The number of carbonyl (C=O) groups is 1. The van der Waals surface area contributed by atoms with Crippen LogP contribution >= 0.6 is 0 Å². The maximum absolute atomic E-state index is 11.0. The Labute approximate surface area is 105 Å². The van der Waals surface area contributed by atoms with E-state index in [9.17, 15) is 4.79 Å². The number of aromatic nitrogens is 2. The monoisotopic (exact) mass is 244 g/mol. The first-order chi connectivity index (χ1) is 8.58. The van der Waals surface area contributed by atoms with Crippen molar-refractivity contribution in [3.05, 3.63) is 47.0 Å². The van der Waals surface area contributed by atoms with Crippen LogP contribution in [0.1, 0.15) is 27.3 Å². The number of primary amides is 1. The van der Waals surface area contributed by atoms with E-state index in [0.717, 1.165) is 22.6 Å². The summed E-state index contributed by atoms with van der Waals surface area (Å²) >= 11 is 0. The maximum Gasteiger partial charge on any atom is 0.248 e. The van der Waals surface area contributed by atoms with Crippen molar-refractivity contribution in [3.8, 4) is 0 Å². The van der Waals surface area contributed by atoms with Crippen LogP contribution in [0.15, 0.2) is 24.5 Å². The quantitative estimate of drug-likeness (QED) is 0.766. The van der Waals surface area contributed by atoms with Gasteiger partial charge in [-0.15, -0.1) is 0 Å². The average molecular weight is 244 g/mol. The normalized spacial score (nSPS) is 10.3. The Morgan fingerprint density at radius 2 is 2.22 bits per heavy atom. The van der Waals surface area contributed by atoms with Gasteiger partial charge in [-0.3, -0.25) is 4.79 Å². The molecule has 0 radical (unpaired) electrons. The highest BCUT2D eigenvalue weighted by atomic mass is 16.1. The minimum absolute atomic E-state index is 0.409. The van der Waals surface area contributed by atoms with Gasteiger partial charge in [0.2, 0.25) is 5.91 Å². The third-order valence-electron chi connectivity index (χ3n) is 2.89. The van der Waals surface area contributed by atoms with Crippen molar-refractivity contribution in [2.24, 2.45) is 5.73 Å². The molecule has 0 saturated heterocycles. The third kappa shape index (κ3) is 2.51. The van der Waals surface area contributed by atoms with Gasteiger partial charge in [-0.2, -0.15) is 0 Å². The SMILES string of the molecule is Cc1cc(C(N)=O)ccc1NCc1nc[nH]c1C. The molecule has 5 heteroatoms. The zero-order valence-electron chi connectivity index (χ0n) is 10.4. The third-order valence-corrected chi connectivity index (χ3v) is 2.89. The van der Waals surface area contributed by atoms with Crippen molar-refractivity contribution in [1.29, 1.82) is 0 Å². The fourth-order valence-corrected chi connectivity index (χ4v) is 1.76. The highest BCUT2D eigenvalue weighted by Crippen LogP contribution is 2.17. The number of nitrogens with one attached hydrogen (secondary N) is 2. The Kier molecular flexibility index (Phi) is 3.32. The van der Waals surface area contributed by atoms with Crippen LogP contribution in [0.25, 0.3) is 0 Å². The van der Waals surface area contributed by atoms with E-state index in [1.807, 2.05) is 19.9 Å². The number of aromatic amines is 1. The molecule has 2 aromatic rings. The minimum Gasteiger partial charge on any atom is -0.379 e. The first-order valence-corrected chi connectivity index (χ1v) is 5.71. The molecule has 1 amide bonds. The molecular formula is C13H16N4O. The van der Waals surface area contributed by atoms with Gasteiger partial charge < -0.3 is 16.0 Å². The van der Waals surface area contributed by atoms with Gasteiger partial charge in [-0.05, 0) is 37.6 Å². The van der Waals surface area contributed by atoms with Gasteiger partial charge in [0.25, 0.3) is 0 Å². The molecule has 1 aromatic carbocycles. The lowest BCUT2D eigenvalue weighted by Gasteiger charge is -2.09. The van der Waals surface area contributed by atoms with Crippen LogP contribution < -0.4 is 11.1 Å². The van der Waals surface area contributed by atoms with Crippen molar-refractivity contribution < 1.29 is 4.79 Å². The summed E-state index contributed by atoms with van der Waals surface area (Å²) in [6.45, 7) is 4.56. The molecule has 0 aliphatic carbocycles. The summed E-state index contributed by atoms with van der Waals surface area (Å²) in [5.74, 6) is -0.409. The topological polar surface area (TPSA) is 83.8 Å². The summed E-state index contributed by atoms with van der Waals surface area (Å²) in [5, 5.41) is 3.29. The van der Waals surface area contributed by atoms with Crippen LogP contribution in [-0.4, -0.2) is 15.9 Å². The predicted molar refractivity (Wildman–Crippen MR) is 70.3 cm³/mol. The van der Waals surface area contributed by atoms with Gasteiger partial charge in [-0.25, -0.2) is 4.98 Å². The molecule has 1 aromatic heterocycles. The standard InChI is InChI=1S/C13H16N4O/c1-8-5-10(13(14)18)3-4-11(8)15-6-12-9(2)16-7-17-12/h3-5,7,15H,6H2,1-2H3,(H2,14,18)(H,16,17). The second-order valence-corrected chi connectivity index (χ2v) is 4.22. The second kappa shape index (κ2) is 4.91. The summed E-state index contributed by atoms with van der Waals surface area (Å²) < 4.78 is 0. The van der Waals surface area contributed by atoms with E-state index in [0.29, 0.717) is 12.1 Å². The van der Waals surface area contributed by atoms with E-state index in [2.05, 4.69) is 15.3 Å². The first-order valence-electron chi connectivity index (χ1n) is 5.71. The number of nitrogens with zero attached hydrogens (tertiary/aromatic N) is 1. The van der Waals surface area contributed by atoms with Crippen LogP contribution in [0.3, 0.4) is 0 Å². The molecule has 18 heavy (non-hydrogen) atoms. The van der Waals surface area contributed by atoms with Gasteiger partial charge in [0.15, 0.2) is 0 Å². The lowest BCUT2D eigenvalue weighted by atomic mass is 10.1. The number of hydrogen-bond donors (Lipinski definition) is 3. The number of benzene rings is 1. The first kappa shape index (κ1) is 12.2. The minimum atomic E-state index is -0.409. The highest BCUT2D eigenvalue weighted by Gasteiger charge is 2.05. The van der Waals surface area contributed by atoms with Gasteiger partial charge >= 0.3 is 0 Å². The van der Waals surface area contributed by atoms with Crippen LogP contribution in [0.2, 0.25) is 0 Å². The van der Waals surface area contributed by atoms with Crippen molar-refractivity contribution >= 4 is 11.6 Å². The summed E-state index contributed by atoms with van der Waals surface area (Å²) in [5.41, 5.74) is 9.74. The number of amides is 1. The van der Waals surface area contributed by atoms with E-state index in [1.54, 1.807) is 18.5 Å². The molecule has 0 unspecified atom stereocenters. The van der Waals surface area contributed by atoms with Gasteiger partial charge in [0, 0.05) is 16.9 Å². The molecule has 1 heterocycles. The number of H-pyrrole nitrogens is 1. The van der Waals surface area contributed by atoms with E-state index in [-0.39, 0.29) is 0 Å². The molecular weight excluding hydrogens is 228 g/mol. The molecule has 0 atom stereocenters. The van der Waals surface area contributed by atoms with Crippen molar-refractivity contribution in [1.82, 2.24) is 9.97 Å². The molecule has 4 N–H and O–H groups in total. The molecule has 0 fully saturated rings. The molecule has 94 valence electrons. The van der Waals surface area contributed by atoms with E-state index in [4.69, 9.17) is 5.73 Å². The lowest BCUT2D eigenvalue weighted by Crippen LogP contribution is -2.11. The number of imidazole rings is 1. The molecule has 0 bridgehead atoms. The fraction of sp³-hybridized carbons (Fsp3) is 0.231. The summed E-state index contributed by atoms with van der Waals surface area (Å²) in [6, 6.07) is 5.36.